The minimum Gasteiger partial charge on any atom is -0.497 e. The molecule has 4 rings (SSSR count). The third kappa shape index (κ3) is 5.00. The number of thiazole rings is 1. The molecule has 2 aromatic carbocycles. The third-order valence-corrected chi connectivity index (χ3v) is 6.90. The third-order valence-electron chi connectivity index (χ3n) is 5.92. The molecular weight excluding hydrogens is 460 g/mol. The Kier molecular flexibility index (Phi) is 7.08. The van der Waals surface area contributed by atoms with Crippen LogP contribution in [0, 0.1) is 0 Å². The average Bonchev–Trinajstić information content (AvgIpc) is 3.12. The van der Waals surface area contributed by atoms with E-state index in [1.165, 1.54) is 16.9 Å². The molecule has 0 spiro atoms. The number of aromatic nitrogens is 1. The molecule has 2 heterocycles. The lowest BCUT2D eigenvalue weighted by Crippen LogP contribution is -2.40. The standard InChI is InChI=1S/C28H30N2O4S/c1-16(2)20-9-7-19(8-10-20)15-23-26(31)30-25(21-11-13-22(33-6)14-12-21)24(27(32)34-17(3)4)18(5)29-28(30)35-23/h7-17,25H,1-6H3. The molecule has 1 atom stereocenters. The number of benzene rings is 2. The Bertz CT molecular complexity index is 1440. The number of carbonyl (C=O) groups is 1. The van der Waals surface area contributed by atoms with E-state index in [4.69, 9.17) is 9.47 Å². The Morgan fingerprint density at radius 1 is 1.06 bits per heavy atom. The average molecular weight is 491 g/mol. The van der Waals surface area contributed by atoms with E-state index in [0.29, 0.717) is 32.3 Å². The quantitative estimate of drug-likeness (QED) is 0.483. The lowest BCUT2D eigenvalue weighted by Gasteiger charge is -2.25. The van der Waals surface area contributed by atoms with Crippen molar-refractivity contribution in [1.82, 2.24) is 4.57 Å². The van der Waals surface area contributed by atoms with Gasteiger partial charge in [0.1, 0.15) is 5.75 Å². The van der Waals surface area contributed by atoms with Gasteiger partial charge in [0.15, 0.2) is 4.80 Å². The summed E-state index contributed by atoms with van der Waals surface area (Å²) in [6, 6.07) is 14.9. The van der Waals surface area contributed by atoms with E-state index < -0.39 is 12.0 Å². The van der Waals surface area contributed by atoms with Gasteiger partial charge in [0.05, 0.1) is 35.1 Å². The summed E-state index contributed by atoms with van der Waals surface area (Å²) in [5.41, 5.74) is 3.69. The lowest BCUT2D eigenvalue weighted by molar-refractivity contribution is -0.143. The fourth-order valence-corrected chi connectivity index (χ4v) is 5.14. The van der Waals surface area contributed by atoms with E-state index >= 15 is 0 Å². The van der Waals surface area contributed by atoms with Gasteiger partial charge in [0, 0.05) is 0 Å². The van der Waals surface area contributed by atoms with Crippen LogP contribution < -0.4 is 19.6 Å². The number of fused-ring (bicyclic) bond motifs is 1. The van der Waals surface area contributed by atoms with Crippen LogP contribution in [0.5, 0.6) is 5.75 Å². The van der Waals surface area contributed by atoms with Gasteiger partial charge >= 0.3 is 5.97 Å². The van der Waals surface area contributed by atoms with E-state index in [1.807, 2.05) is 42.5 Å². The number of allylic oxidation sites excluding steroid dienone is 1. The summed E-state index contributed by atoms with van der Waals surface area (Å²) < 4.78 is 13.0. The van der Waals surface area contributed by atoms with Gasteiger partial charge in [-0.05, 0) is 61.6 Å². The van der Waals surface area contributed by atoms with Crippen LogP contribution in [-0.2, 0) is 9.53 Å². The van der Waals surface area contributed by atoms with Crippen LogP contribution in [0.2, 0.25) is 0 Å². The van der Waals surface area contributed by atoms with Crippen molar-refractivity contribution in [3.8, 4) is 5.75 Å². The molecule has 182 valence electrons. The van der Waals surface area contributed by atoms with Crippen molar-refractivity contribution in [3.05, 3.63) is 96.2 Å². The Morgan fingerprint density at radius 2 is 1.71 bits per heavy atom. The number of nitrogens with zero attached hydrogens (tertiary/aromatic N) is 2. The number of methoxy groups -OCH3 is 1. The molecule has 1 aliphatic rings. The molecule has 0 amide bonds. The summed E-state index contributed by atoms with van der Waals surface area (Å²) in [5.74, 6) is 0.657. The minimum atomic E-state index is -0.645. The van der Waals surface area contributed by atoms with E-state index in [-0.39, 0.29) is 11.7 Å². The first-order chi connectivity index (χ1) is 16.7. The van der Waals surface area contributed by atoms with Crippen LogP contribution in [0.4, 0.5) is 0 Å². The molecule has 3 aromatic rings. The van der Waals surface area contributed by atoms with Gasteiger partial charge < -0.3 is 9.47 Å². The molecule has 0 bridgehead atoms. The summed E-state index contributed by atoms with van der Waals surface area (Å²) >= 11 is 1.32. The number of ether oxygens (including phenoxy) is 2. The first-order valence-corrected chi connectivity index (χ1v) is 12.5. The van der Waals surface area contributed by atoms with Crippen molar-refractivity contribution in [1.29, 1.82) is 0 Å². The smallest absolute Gasteiger partial charge is 0.338 e. The van der Waals surface area contributed by atoms with E-state index in [0.717, 1.165) is 11.1 Å². The van der Waals surface area contributed by atoms with Crippen LogP contribution in [-0.4, -0.2) is 23.8 Å². The predicted octanol–water partition coefficient (Wildman–Crippen LogP) is 4.32. The monoisotopic (exact) mass is 490 g/mol. The van der Waals surface area contributed by atoms with Crippen LogP contribution in [0.1, 0.15) is 63.3 Å². The molecule has 7 heteroatoms. The van der Waals surface area contributed by atoms with Gasteiger partial charge in [-0.1, -0.05) is 61.6 Å². The molecule has 0 N–H and O–H groups in total. The maximum absolute atomic E-state index is 13.7. The summed E-state index contributed by atoms with van der Waals surface area (Å²) in [5, 5.41) is 0. The van der Waals surface area contributed by atoms with Crippen LogP contribution >= 0.6 is 11.3 Å². The van der Waals surface area contributed by atoms with Crippen molar-refractivity contribution >= 4 is 23.4 Å². The summed E-state index contributed by atoms with van der Waals surface area (Å²) in [7, 11) is 1.60. The van der Waals surface area contributed by atoms with E-state index in [2.05, 4.69) is 31.0 Å². The Labute approximate surface area is 208 Å². The predicted molar refractivity (Wildman–Crippen MR) is 139 cm³/mol. The largest absolute Gasteiger partial charge is 0.497 e. The summed E-state index contributed by atoms with van der Waals surface area (Å²) in [6.07, 6.45) is 1.59. The number of hydrogen-bond acceptors (Lipinski definition) is 6. The minimum absolute atomic E-state index is 0.190. The zero-order chi connectivity index (χ0) is 25.3. The maximum Gasteiger partial charge on any atom is 0.338 e. The van der Waals surface area contributed by atoms with Gasteiger partial charge in [-0.3, -0.25) is 9.36 Å². The van der Waals surface area contributed by atoms with Crippen LogP contribution in [0.25, 0.3) is 6.08 Å². The Balaban J connectivity index is 1.88. The molecule has 35 heavy (non-hydrogen) atoms. The summed E-state index contributed by atoms with van der Waals surface area (Å²) in [6.45, 7) is 9.69. The normalized spacial score (nSPS) is 15.9. The number of rotatable bonds is 6. The van der Waals surface area contributed by atoms with Crippen molar-refractivity contribution in [2.24, 2.45) is 4.99 Å². The fraction of sp³-hybridized carbons (Fsp3) is 0.321. The molecule has 0 radical (unpaired) electrons. The molecule has 1 aliphatic heterocycles. The molecular formula is C28H30N2O4S. The zero-order valence-corrected chi connectivity index (χ0v) is 21.7. The molecule has 0 aliphatic carbocycles. The van der Waals surface area contributed by atoms with Gasteiger partial charge in [-0.25, -0.2) is 9.79 Å². The highest BCUT2D eigenvalue weighted by atomic mass is 32.1. The highest BCUT2D eigenvalue weighted by Gasteiger charge is 2.33. The Morgan fingerprint density at radius 3 is 2.29 bits per heavy atom. The number of carbonyl (C=O) groups excluding carboxylic acids is 1. The highest BCUT2D eigenvalue weighted by Crippen LogP contribution is 2.31. The molecule has 0 fully saturated rings. The van der Waals surface area contributed by atoms with Gasteiger partial charge in [0.2, 0.25) is 0 Å². The summed E-state index contributed by atoms with van der Waals surface area (Å²) in [4.78, 5) is 32.0. The molecule has 1 unspecified atom stereocenters. The van der Waals surface area contributed by atoms with Gasteiger partial charge in [0.25, 0.3) is 5.56 Å². The van der Waals surface area contributed by atoms with E-state index in [1.54, 1.807) is 32.4 Å². The number of hydrogen-bond donors (Lipinski definition) is 0. The first kappa shape index (κ1) is 24.7. The second-order valence-corrected chi connectivity index (χ2v) is 10.1. The highest BCUT2D eigenvalue weighted by molar-refractivity contribution is 7.07. The topological polar surface area (TPSA) is 69.9 Å². The maximum atomic E-state index is 13.7. The first-order valence-electron chi connectivity index (χ1n) is 11.7. The van der Waals surface area contributed by atoms with Gasteiger partial charge in [-0.15, -0.1) is 0 Å². The van der Waals surface area contributed by atoms with Crippen molar-refractivity contribution in [2.45, 2.75) is 52.7 Å². The van der Waals surface area contributed by atoms with E-state index in [9.17, 15) is 9.59 Å². The SMILES string of the molecule is COc1ccc(C2C(C(=O)OC(C)C)=C(C)N=c3sc(=Cc4ccc(C(C)C)cc4)c(=O)n32)cc1. The second kappa shape index (κ2) is 10.0. The second-order valence-electron chi connectivity index (χ2n) is 9.13. The lowest BCUT2D eigenvalue weighted by atomic mass is 9.96. The zero-order valence-electron chi connectivity index (χ0n) is 20.9. The Hall–Kier alpha value is -3.45. The molecule has 1 aromatic heterocycles. The number of esters is 1. The van der Waals surface area contributed by atoms with Gasteiger partial charge in [-0.2, -0.15) is 0 Å². The van der Waals surface area contributed by atoms with Crippen LogP contribution in [0.15, 0.2) is 69.6 Å². The van der Waals surface area contributed by atoms with Crippen molar-refractivity contribution in [3.63, 3.8) is 0 Å². The van der Waals surface area contributed by atoms with Crippen molar-refractivity contribution < 1.29 is 14.3 Å². The van der Waals surface area contributed by atoms with Crippen LogP contribution in [0.3, 0.4) is 0 Å². The van der Waals surface area contributed by atoms with Crippen molar-refractivity contribution in [2.75, 3.05) is 7.11 Å². The molecule has 0 saturated carbocycles. The molecule has 0 saturated heterocycles. The molecule has 6 nitrogen and oxygen atoms in total. The fourth-order valence-electron chi connectivity index (χ4n) is 4.09.